The number of ether oxygens (including phenoxy) is 5. The fraction of sp³-hybridized carbons (Fsp3) is 0.429. The average molecular weight is 707 g/mol. The van der Waals surface area contributed by atoms with Gasteiger partial charge in [-0.05, 0) is 29.5 Å². The Morgan fingerprint density at radius 2 is 1.14 bits per heavy atom. The van der Waals surface area contributed by atoms with Gasteiger partial charge in [0.2, 0.25) is 0 Å². The van der Waals surface area contributed by atoms with Crippen LogP contribution >= 0.6 is 0 Å². The number of aliphatic hydroxyl groups excluding tert-OH is 3. The molecule has 270 valence electrons. The van der Waals surface area contributed by atoms with Crippen LogP contribution in [0.3, 0.4) is 0 Å². The van der Waals surface area contributed by atoms with Crippen molar-refractivity contribution in [3.05, 3.63) is 106 Å². The number of benzene rings is 3. The largest absolute Gasteiger partial charge is 0.469 e. The van der Waals surface area contributed by atoms with Gasteiger partial charge in [0.1, 0.15) is 6.29 Å². The third-order valence-electron chi connectivity index (χ3n) is 6.63. The van der Waals surface area contributed by atoms with E-state index in [4.69, 9.17) is 34.3 Å². The van der Waals surface area contributed by atoms with Crippen LogP contribution in [0, 0.1) is 0 Å². The van der Waals surface area contributed by atoms with Crippen LogP contribution in [0.1, 0.15) is 50.8 Å². The highest BCUT2D eigenvalue weighted by atomic mass is 32.2. The summed E-state index contributed by atoms with van der Waals surface area (Å²) in [5, 5.41) is 24.0. The number of rotatable bonds is 12. The van der Waals surface area contributed by atoms with E-state index in [0.29, 0.717) is 44.8 Å². The van der Waals surface area contributed by atoms with Gasteiger partial charge in [-0.2, -0.15) is 8.42 Å². The maximum Gasteiger partial charge on any atom is 0.309 e. The van der Waals surface area contributed by atoms with Crippen molar-refractivity contribution in [2.45, 2.75) is 31.8 Å². The first-order valence-corrected chi connectivity index (χ1v) is 17.4. The molecule has 0 saturated carbocycles. The summed E-state index contributed by atoms with van der Waals surface area (Å²) in [5.74, 6) is -0.279. The Morgan fingerprint density at radius 1 is 0.714 bits per heavy atom. The van der Waals surface area contributed by atoms with Gasteiger partial charge >= 0.3 is 5.97 Å². The van der Waals surface area contributed by atoms with Gasteiger partial charge in [-0.15, -0.1) is 0 Å². The van der Waals surface area contributed by atoms with Crippen molar-refractivity contribution in [2.75, 3.05) is 66.2 Å². The minimum absolute atomic E-state index is 0.125. The van der Waals surface area contributed by atoms with Crippen molar-refractivity contribution < 1.29 is 61.2 Å². The number of carbonyl (C=O) groups excluding carboxylic acids is 2. The molecule has 5 rings (SSSR count). The van der Waals surface area contributed by atoms with Crippen molar-refractivity contribution in [1.29, 1.82) is 0 Å². The van der Waals surface area contributed by atoms with E-state index in [9.17, 15) is 18.0 Å². The van der Waals surface area contributed by atoms with Crippen LogP contribution in [0.15, 0.2) is 72.8 Å². The van der Waals surface area contributed by atoms with Gasteiger partial charge in [0.15, 0.2) is 12.6 Å². The molecule has 3 N–H and O–H groups in total. The minimum Gasteiger partial charge on any atom is -0.469 e. The standard InChI is InChI=1S/C12H16O5S.C11H14O3.C10H10O3.C2H6O2/c1-18(13,14)17-7-6-10-2-4-11(5-3-10)12-15-8-9-16-12;12-6-5-9-1-3-10(4-2-9)11-13-7-8-14-11;1-13-10(12)6-8-2-4-9(7-11)5-3-8;3-1-2-4/h2-5,12H,6-9H2,1H3;1-4,11-12H,5-8H2;2-5,7H,6H2,1H3;3-4H,1-2H2. The monoisotopic (exact) mass is 706 g/mol. The number of carbonyl (C=O) groups is 2. The molecule has 0 amide bonds. The summed E-state index contributed by atoms with van der Waals surface area (Å²) >= 11 is 0. The van der Waals surface area contributed by atoms with Crippen LogP contribution < -0.4 is 0 Å². The Kier molecular flexibility index (Phi) is 20.1. The van der Waals surface area contributed by atoms with Gasteiger partial charge in [0, 0.05) is 23.3 Å². The molecule has 0 radical (unpaired) electrons. The molecule has 14 heteroatoms. The van der Waals surface area contributed by atoms with Gasteiger partial charge in [0.05, 0.1) is 66.0 Å². The Hall–Kier alpha value is -3.57. The maximum atomic E-state index is 10.8. The molecule has 0 atom stereocenters. The lowest BCUT2D eigenvalue weighted by atomic mass is 10.1. The number of methoxy groups -OCH3 is 1. The van der Waals surface area contributed by atoms with Gasteiger partial charge in [-0.25, -0.2) is 0 Å². The third kappa shape index (κ3) is 17.6. The highest BCUT2D eigenvalue weighted by Gasteiger charge is 2.18. The Balaban J connectivity index is 0.000000245. The van der Waals surface area contributed by atoms with Gasteiger partial charge in [0.25, 0.3) is 10.1 Å². The first kappa shape index (κ1) is 41.6. The fourth-order valence-corrected chi connectivity index (χ4v) is 4.56. The molecule has 2 aliphatic rings. The first-order valence-electron chi connectivity index (χ1n) is 15.5. The summed E-state index contributed by atoms with van der Waals surface area (Å²) in [6.07, 6.45) is 2.85. The minimum atomic E-state index is -3.36. The highest BCUT2D eigenvalue weighted by Crippen LogP contribution is 2.24. The van der Waals surface area contributed by atoms with E-state index in [0.717, 1.165) is 40.4 Å². The zero-order valence-electron chi connectivity index (χ0n) is 27.8. The summed E-state index contributed by atoms with van der Waals surface area (Å²) in [5.41, 5.74) is 5.62. The SMILES string of the molecule is COC(=O)Cc1ccc(C=O)cc1.CS(=O)(=O)OCCc1ccc(C2OCCO2)cc1.OCCO.OCCc1ccc(C2OCCO2)cc1. The lowest BCUT2D eigenvalue weighted by Gasteiger charge is -2.09. The number of hydrogen-bond donors (Lipinski definition) is 3. The molecule has 3 aromatic rings. The molecule has 2 aliphatic heterocycles. The molecule has 2 heterocycles. The Labute approximate surface area is 287 Å². The predicted octanol–water partition coefficient (Wildman–Crippen LogP) is 2.70. The topological polar surface area (TPSA) is 184 Å². The van der Waals surface area contributed by atoms with E-state index >= 15 is 0 Å². The van der Waals surface area contributed by atoms with E-state index in [1.165, 1.54) is 7.11 Å². The van der Waals surface area contributed by atoms with Crippen molar-refractivity contribution in [3.8, 4) is 0 Å². The average Bonchev–Trinajstić information content (AvgIpc) is 3.86. The zero-order chi connectivity index (χ0) is 35.9. The van der Waals surface area contributed by atoms with Crippen LogP contribution in [-0.2, 0) is 62.0 Å². The second-order valence-corrected chi connectivity index (χ2v) is 12.1. The molecule has 2 fully saturated rings. The number of aldehydes is 1. The Morgan fingerprint density at radius 3 is 1.51 bits per heavy atom. The van der Waals surface area contributed by atoms with Crippen molar-refractivity contribution >= 4 is 22.4 Å². The van der Waals surface area contributed by atoms with Crippen LogP contribution in [-0.4, -0.2) is 102 Å². The molecule has 13 nitrogen and oxygen atoms in total. The number of hydrogen-bond acceptors (Lipinski definition) is 13. The van der Waals surface area contributed by atoms with Gasteiger partial charge in [-0.3, -0.25) is 13.8 Å². The summed E-state index contributed by atoms with van der Waals surface area (Å²) < 4.78 is 52.3. The molecule has 0 aliphatic carbocycles. The number of aliphatic hydroxyl groups is 3. The van der Waals surface area contributed by atoms with Crippen molar-refractivity contribution in [2.24, 2.45) is 0 Å². The first-order chi connectivity index (χ1) is 23.6. The normalized spacial score (nSPS) is 14.4. The van der Waals surface area contributed by atoms with Crippen molar-refractivity contribution in [3.63, 3.8) is 0 Å². The van der Waals surface area contributed by atoms with Crippen LogP contribution in [0.4, 0.5) is 0 Å². The molecule has 0 aromatic heterocycles. The molecule has 0 unspecified atom stereocenters. The lowest BCUT2D eigenvalue weighted by Crippen LogP contribution is -2.06. The second-order valence-electron chi connectivity index (χ2n) is 10.4. The second kappa shape index (κ2) is 23.7. The predicted molar refractivity (Wildman–Crippen MR) is 179 cm³/mol. The summed E-state index contributed by atoms with van der Waals surface area (Å²) in [7, 11) is -2.01. The maximum absolute atomic E-state index is 10.8. The van der Waals surface area contributed by atoms with Crippen molar-refractivity contribution in [1.82, 2.24) is 0 Å². The molecule has 3 aromatic carbocycles. The van der Waals surface area contributed by atoms with E-state index in [1.807, 2.05) is 48.5 Å². The quantitative estimate of drug-likeness (QED) is 0.142. The molecule has 0 spiro atoms. The van der Waals surface area contributed by atoms with E-state index in [-0.39, 0.29) is 51.4 Å². The summed E-state index contributed by atoms with van der Waals surface area (Å²) in [4.78, 5) is 21.1. The van der Waals surface area contributed by atoms with Crippen LogP contribution in [0.2, 0.25) is 0 Å². The summed E-state index contributed by atoms with van der Waals surface area (Å²) in [6.45, 7) is 2.68. The van der Waals surface area contributed by atoms with Crippen LogP contribution in [0.25, 0.3) is 0 Å². The molecular formula is C35H46O13S. The number of esters is 1. The highest BCUT2D eigenvalue weighted by molar-refractivity contribution is 7.85. The zero-order valence-corrected chi connectivity index (χ0v) is 28.6. The fourth-order valence-electron chi connectivity index (χ4n) is 4.18. The smallest absolute Gasteiger partial charge is 0.309 e. The summed E-state index contributed by atoms with van der Waals surface area (Å²) in [6, 6.07) is 22.5. The third-order valence-corrected chi connectivity index (χ3v) is 7.22. The lowest BCUT2D eigenvalue weighted by molar-refractivity contribution is -0.139. The van der Waals surface area contributed by atoms with Gasteiger partial charge < -0.3 is 39.0 Å². The molecule has 49 heavy (non-hydrogen) atoms. The van der Waals surface area contributed by atoms with E-state index in [2.05, 4.69) is 8.92 Å². The van der Waals surface area contributed by atoms with E-state index < -0.39 is 10.1 Å². The van der Waals surface area contributed by atoms with Gasteiger partial charge in [-0.1, -0.05) is 72.8 Å². The van der Waals surface area contributed by atoms with Crippen LogP contribution in [0.5, 0.6) is 0 Å². The molecular weight excluding hydrogens is 660 g/mol. The molecule has 0 bridgehead atoms. The van der Waals surface area contributed by atoms with E-state index in [1.54, 1.807) is 24.3 Å². The Bertz CT molecular complexity index is 1430. The molecule has 2 saturated heterocycles.